The summed E-state index contributed by atoms with van der Waals surface area (Å²) in [5.41, 5.74) is 1.46. The van der Waals surface area contributed by atoms with Gasteiger partial charge in [-0.2, -0.15) is 23.1 Å². The number of amides is 1. The third kappa shape index (κ3) is 5.10. The van der Waals surface area contributed by atoms with E-state index < -0.39 is 17.9 Å². The summed E-state index contributed by atoms with van der Waals surface area (Å²) in [6.45, 7) is 3.14. The standard InChI is InChI=1S/C22H18ClF3N8O2/c1-3-17(35)14-7-4-6-12(2)18(14)28-20(36)16-10-13(11-33-31-21(29-32-33)22(24,25)26)30-34(16)19-15(23)8-5-9-27-19/h4-10H,3,11H2,1-2H3,(H,28,36). The van der Waals surface area contributed by atoms with Gasteiger partial charge in [0.2, 0.25) is 0 Å². The molecule has 0 atom stereocenters. The highest BCUT2D eigenvalue weighted by atomic mass is 35.5. The van der Waals surface area contributed by atoms with Gasteiger partial charge in [-0.3, -0.25) is 9.59 Å². The number of benzene rings is 1. The molecule has 14 heteroatoms. The van der Waals surface area contributed by atoms with Crippen molar-refractivity contribution >= 4 is 29.0 Å². The SMILES string of the molecule is CCC(=O)c1cccc(C)c1NC(=O)c1cc(Cn2nnc(C(F)(F)F)n2)nn1-c1ncccc1Cl. The average Bonchev–Trinajstić information content (AvgIpc) is 3.48. The van der Waals surface area contributed by atoms with E-state index in [0.29, 0.717) is 21.6 Å². The van der Waals surface area contributed by atoms with Gasteiger partial charge in [0.1, 0.15) is 12.2 Å². The average molecular weight is 519 g/mol. The fraction of sp³-hybridized carbons (Fsp3) is 0.227. The van der Waals surface area contributed by atoms with Gasteiger partial charge in [-0.25, -0.2) is 9.67 Å². The van der Waals surface area contributed by atoms with E-state index in [1.807, 2.05) is 0 Å². The summed E-state index contributed by atoms with van der Waals surface area (Å²) in [4.78, 5) is 30.7. The lowest BCUT2D eigenvalue weighted by molar-refractivity contribution is -0.145. The second kappa shape index (κ2) is 9.85. The minimum atomic E-state index is -4.76. The van der Waals surface area contributed by atoms with Crippen LogP contribution in [-0.4, -0.2) is 46.7 Å². The Labute approximate surface area is 207 Å². The number of nitrogens with one attached hydrogen (secondary N) is 1. The topological polar surface area (TPSA) is 120 Å². The van der Waals surface area contributed by atoms with Crippen LogP contribution in [0.1, 0.15) is 51.3 Å². The van der Waals surface area contributed by atoms with Crippen LogP contribution < -0.4 is 5.32 Å². The molecule has 0 saturated heterocycles. The lowest BCUT2D eigenvalue weighted by atomic mass is 10.0. The van der Waals surface area contributed by atoms with Crippen LogP contribution in [0.5, 0.6) is 0 Å². The molecular weight excluding hydrogens is 501 g/mol. The van der Waals surface area contributed by atoms with Crippen LogP contribution in [-0.2, 0) is 12.7 Å². The molecule has 0 aliphatic heterocycles. The molecule has 3 aromatic heterocycles. The van der Waals surface area contributed by atoms with E-state index in [1.165, 1.54) is 12.3 Å². The minimum absolute atomic E-state index is 0.0279. The van der Waals surface area contributed by atoms with E-state index in [2.05, 4.69) is 30.8 Å². The number of halogens is 4. The van der Waals surface area contributed by atoms with Crippen LogP contribution in [0.3, 0.4) is 0 Å². The van der Waals surface area contributed by atoms with E-state index in [-0.39, 0.29) is 41.0 Å². The predicted molar refractivity (Wildman–Crippen MR) is 122 cm³/mol. The highest BCUT2D eigenvalue weighted by molar-refractivity contribution is 6.32. The molecule has 4 rings (SSSR count). The Balaban J connectivity index is 1.74. The number of hydrogen-bond acceptors (Lipinski definition) is 7. The van der Waals surface area contributed by atoms with Crippen molar-refractivity contribution in [2.24, 2.45) is 0 Å². The van der Waals surface area contributed by atoms with Gasteiger partial charge in [0.05, 0.1) is 16.4 Å². The molecule has 1 amide bonds. The van der Waals surface area contributed by atoms with E-state index in [1.54, 1.807) is 44.2 Å². The second-order valence-electron chi connectivity index (χ2n) is 7.61. The van der Waals surface area contributed by atoms with Crippen molar-refractivity contribution in [3.8, 4) is 5.82 Å². The first-order chi connectivity index (χ1) is 17.1. The highest BCUT2D eigenvalue weighted by Gasteiger charge is 2.37. The third-order valence-corrected chi connectivity index (χ3v) is 5.37. The van der Waals surface area contributed by atoms with Crippen molar-refractivity contribution in [1.82, 2.24) is 35.0 Å². The second-order valence-corrected chi connectivity index (χ2v) is 8.02. The maximum Gasteiger partial charge on any atom is 0.455 e. The lowest BCUT2D eigenvalue weighted by Gasteiger charge is -2.13. The molecule has 186 valence electrons. The highest BCUT2D eigenvalue weighted by Crippen LogP contribution is 2.26. The normalized spacial score (nSPS) is 11.5. The van der Waals surface area contributed by atoms with Crippen molar-refractivity contribution in [2.75, 3.05) is 5.32 Å². The van der Waals surface area contributed by atoms with Crippen molar-refractivity contribution in [1.29, 1.82) is 0 Å². The quantitative estimate of drug-likeness (QED) is 0.365. The van der Waals surface area contributed by atoms with Crippen molar-refractivity contribution < 1.29 is 22.8 Å². The third-order valence-electron chi connectivity index (χ3n) is 5.07. The van der Waals surface area contributed by atoms with Crippen molar-refractivity contribution in [3.05, 3.63) is 76.0 Å². The molecule has 4 aromatic rings. The zero-order chi connectivity index (χ0) is 26.0. The van der Waals surface area contributed by atoms with Crippen LogP contribution >= 0.6 is 11.6 Å². The van der Waals surface area contributed by atoms with Crippen LogP contribution in [0.2, 0.25) is 5.02 Å². The van der Waals surface area contributed by atoms with Gasteiger partial charge in [0, 0.05) is 18.2 Å². The molecule has 0 radical (unpaired) electrons. The summed E-state index contributed by atoms with van der Waals surface area (Å²) < 4.78 is 39.7. The summed E-state index contributed by atoms with van der Waals surface area (Å²) in [5.74, 6) is -2.08. The van der Waals surface area contributed by atoms with Crippen molar-refractivity contribution in [3.63, 3.8) is 0 Å². The number of aromatic nitrogens is 7. The molecule has 1 N–H and O–H groups in total. The molecule has 0 aliphatic rings. The summed E-state index contributed by atoms with van der Waals surface area (Å²) >= 11 is 6.26. The monoisotopic (exact) mass is 518 g/mol. The number of carbonyl (C=O) groups is 2. The Morgan fingerprint density at radius 1 is 1.14 bits per heavy atom. The van der Waals surface area contributed by atoms with Crippen LogP contribution in [0.25, 0.3) is 5.82 Å². The number of para-hydroxylation sites is 1. The summed E-state index contributed by atoms with van der Waals surface area (Å²) in [5, 5.41) is 16.9. The van der Waals surface area contributed by atoms with Gasteiger partial charge in [-0.1, -0.05) is 30.7 Å². The van der Waals surface area contributed by atoms with Crippen molar-refractivity contribution in [2.45, 2.75) is 33.0 Å². The molecular formula is C22H18ClF3N8O2. The smallest absolute Gasteiger partial charge is 0.320 e. The van der Waals surface area contributed by atoms with E-state index in [4.69, 9.17) is 11.6 Å². The van der Waals surface area contributed by atoms with Gasteiger partial charge in [0.15, 0.2) is 11.6 Å². The van der Waals surface area contributed by atoms with E-state index in [0.717, 1.165) is 4.68 Å². The number of rotatable bonds is 7. The molecule has 3 heterocycles. The summed E-state index contributed by atoms with van der Waals surface area (Å²) in [6.07, 6.45) is -3.08. The molecule has 0 fully saturated rings. The Hall–Kier alpha value is -4.13. The number of hydrogen-bond donors (Lipinski definition) is 1. The minimum Gasteiger partial charge on any atom is -0.320 e. The maximum absolute atomic E-state index is 13.4. The number of anilines is 1. The number of alkyl halides is 3. The fourth-order valence-corrected chi connectivity index (χ4v) is 3.57. The Kier molecular flexibility index (Phi) is 6.84. The lowest BCUT2D eigenvalue weighted by Crippen LogP contribution is -2.20. The molecule has 0 unspecified atom stereocenters. The Bertz CT molecular complexity index is 1450. The van der Waals surface area contributed by atoms with E-state index in [9.17, 15) is 22.8 Å². The first-order valence-corrected chi connectivity index (χ1v) is 10.9. The fourth-order valence-electron chi connectivity index (χ4n) is 3.37. The van der Waals surface area contributed by atoms with Gasteiger partial charge in [-0.15, -0.1) is 10.2 Å². The van der Waals surface area contributed by atoms with Gasteiger partial charge in [-0.05, 0) is 42.0 Å². The number of nitrogens with zero attached hydrogens (tertiary/aromatic N) is 7. The van der Waals surface area contributed by atoms with E-state index >= 15 is 0 Å². The molecule has 0 bridgehead atoms. The van der Waals surface area contributed by atoms with Gasteiger partial charge in [0.25, 0.3) is 11.7 Å². The van der Waals surface area contributed by atoms with Gasteiger partial charge < -0.3 is 5.32 Å². The molecule has 1 aromatic carbocycles. The molecule has 0 aliphatic carbocycles. The maximum atomic E-state index is 13.4. The molecule has 10 nitrogen and oxygen atoms in total. The van der Waals surface area contributed by atoms with Crippen LogP contribution in [0.15, 0.2) is 42.6 Å². The first kappa shape index (κ1) is 25.0. The number of carbonyl (C=O) groups excluding carboxylic acids is 2. The molecule has 36 heavy (non-hydrogen) atoms. The number of tetrazole rings is 1. The zero-order valence-corrected chi connectivity index (χ0v) is 19.7. The number of ketones is 1. The predicted octanol–water partition coefficient (Wildman–Crippen LogP) is 4.13. The summed E-state index contributed by atoms with van der Waals surface area (Å²) in [6, 6.07) is 9.54. The Morgan fingerprint density at radius 3 is 2.58 bits per heavy atom. The largest absolute Gasteiger partial charge is 0.455 e. The molecule has 0 saturated carbocycles. The van der Waals surface area contributed by atoms with Gasteiger partial charge >= 0.3 is 6.18 Å². The Morgan fingerprint density at radius 2 is 1.92 bits per heavy atom. The molecule has 0 spiro atoms. The van der Waals surface area contributed by atoms with Crippen LogP contribution in [0, 0.1) is 6.92 Å². The number of aryl methyl sites for hydroxylation is 1. The van der Waals surface area contributed by atoms with Crippen LogP contribution in [0.4, 0.5) is 18.9 Å². The first-order valence-electron chi connectivity index (χ1n) is 10.6. The number of pyridine rings is 1. The number of Topliss-reactive ketones (excluding diaryl/α,β-unsaturated/α-hetero) is 1. The zero-order valence-electron chi connectivity index (χ0n) is 18.9. The summed E-state index contributed by atoms with van der Waals surface area (Å²) in [7, 11) is 0.